The first-order valence-corrected chi connectivity index (χ1v) is 16.3. The number of fused-ring (bicyclic) bond motifs is 1. The second kappa shape index (κ2) is 13.5. The molecule has 0 spiro atoms. The minimum atomic E-state index is -0.908. The van der Waals surface area contributed by atoms with Crippen molar-refractivity contribution in [1.82, 2.24) is 9.97 Å². The molecule has 0 fully saturated rings. The number of rotatable bonds is 9. The Morgan fingerprint density at radius 3 is 2.60 bits per heavy atom. The van der Waals surface area contributed by atoms with E-state index in [4.69, 9.17) is 16.3 Å². The van der Waals surface area contributed by atoms with Gasteiger partial charge in [-0.15, -0.1) is 11.8 Å². The van der Waals surface area contributed by atoms with Gasteiger partial charge in [0.05, 0.1) is 17.9 Å². The number of benzene rings is 3. The molecular weight excluding hydrogens is 611 g/mol. The minimum Gasteiger partial charge on any atom is -0.506 e. The summed E-state index contributed by atoms with van der Waals surface area (Å²) in [5, 5.41) is 15.0. The molecular formula is C35H36ClFN4O3S. The van der Waals surface area contributed by atoms with Crippen LogP contribution in [0.5, 0.6) is 11.5 Å². The predicted octanol–water partition coefficient (Wildman–Crippen LogP) is 9.19. The van der Waals surface area contributed by atoms with Gasteiger partial charge in [0, 0.05) is 17.3 Å². The smallest absolute Gasteiger partial charge is 0.280 e. The van der Waals surface area contributed by atoms with E-state index in [1.807, 2.05) is 37.3 Å². The number of nitrogens with one attached hydrogen (secondary N) is 1. The van der Waals surface area contributed by atoms with Gasteiger partial charge in [0.15, 0.2) is 5.69 Å². The molecule has 1 atom stereocenters. The molecule has 10 heteroatoms. The number of para-hydroxylation sites is 1. The number of amides is 1. The maximum atomic E-state index is 16.3. The summed E-state index contributed by atoms with van der Waals surface area (Å²) in [6, 6.07) is 18.4. The van der Waals surface area contributed by atoms with E-state index in [1.165, 1.54) is 28.9 Å². The van der Waals surface area contributed by atoms with Crippen molar-refractivity contribution in [2.45, 2.75) is 58.2 Å². The van der Waals surface area contributed by atoms with Crippen LogP contribution in [0.2, 0.25) is 5.15 Å². The number of phenolic OH excluding ortho intramolecular Hbond substituents is 1. The van der Waals surface area contributed by atoms with Crippen LogP contribution < -0.4 is 15.0 Å². The van der Waals surface area contributed by atoms with Gasteiger partial charge in [-0.2, -0.15) is 0 Å². The van der Waals surface area contributed by atoms with Crippen LogP contribution in [0.4, 0.5) is 15.8 Å². The van der Waals surface area contributed by atoms with E-state index in [1.54, 1.807) is 36.6 Å². The van der Waals surface area contributed by atoms with Crippen molar-refractivity contribution >= 4 is 40.6 Å². The van der Waals surface area contributed by atoms with E-state index in [2.05, 4.69) is 36.1 Å². The van der Waals surface area contributed by atoms with Gasteiger partial charge in [0.2, 0.25) is 0 Å². The fourth-order valence-electron chi connectivity index (χ4n) is 5.31. The van der Waals surface area contributed by atoms with Gasteiger partial charge in [-0.05, 0) is 60.4 Å². The average molecular weight is 647 g/mol. The zero-order valence-electron chi connectivity index (χ0n) is 25.9. The standard InChI is InChI=1S/C35H36ClFN4O3S/c1-6-35(3,4)18-26-21(2)32(24-16-15-23(17-25(24)37)44-20-22-11-8-7-9-12-22)41(27-13-10-14-28(42)30(27)39-26)34(43)31-33(45-5)38-19-29(36)40-31/h7-17,19,32,39,42H,6,18,20H2,1-5H3. The van der Waals surface area contributed by atoms with Gasteiger partial charge < -0.3 is 15.2 Å². The lowest BCUT2D eigenvalue weighted by molar-refractivity contribution is 0.0971. The van der Waals surface area contributed by atoms with Crippen molar-refractivity contribution in [3.8, 4) is 11.5 Å². The van der Waals surface area contributed by atoms with Crippen LogP contribution in [0.3, 0.4) is 0 Å². The predicted molar refractivity (Wildman–Crippen MR) is 179 cm³/mol. The number of aromatic hydroxyl groups is 1. The van der Waals surface area contributed by atoms with Crippen molar-refractivity contribution in [2.24, 2.45) is 5.41 Å². The molecule has 1 amide bonds. The van der Waals surface area contributed by atoms with Gasteiger partial charge in [-0.25, -0.2) is 14.4 Å². The first kappa shape index (κ1) is 32.3. The van der Waals surface area contributed by atoms with Crippen molar-refractivity contribution in [3.63, 3.8) is 0 Å². The fraction of sp³-hybridized carbons (Fsp3) is 0.286. The Morgan fingerprint density at radius 1 is 1.16 bits per heavy atom. The van der Waals surface area contributed by atoms with E-state index in [9.17, 15) is 9.90 Å². The molecule has 0 radical (unpaired) electrons. The Labute approximate surface area is 272 Å². The highest BCUT2D eigenvalue weighted by atomic mass is 35.5. The summed E-state index contributed by atoms with van der Waals surface area (Å²) in [5.74, 6) is -0.755. The van der Waals surface area contributed by atoms with E-state index in [-0.39, 0.29) is 34.2 Å². The summed E-state index contributed by atoms with van der Waals surface area (Å²) < 4.78 is 22.3. The topological polar surface area (TPSA) is 87.6 Å². The Bertz CT molecular complexity index is 1750. The molecule has 1 aliphatic heterocycles. The van der Waals surface area contributed by atoms with Crippen molar-refractivity contribution < 1.29 is 19.0 Å². The number of allylic oxidation sites excluding steroid dienone is 1. The van der Waals surface area contributed by atoms with Crippen LogP contribution in [0, 0.1) is 11.2 Å². The highest BCUT2D eigenvalue weighted by Crippen LogP contribution is 2.48. The molecule has 0 aliphatic carbocycles. The van der Waals surface area contributed by atoms with Gasteiger partial charge in [-0.1, -0.05) is 75.2 Å². The summed E-state index contributed by atoms with van der Waals surface area (Å²) >= 11 is 7.49. The third kappa shape index (κ3) is 6.94. The molecule has 234 valence electrons. The van der Waals surface area contributed by atoms with Crippen molar-refractivity contribution in [3.05, 3.63) is 112 Å². The normalized spacial score (nSPS) is 14.9. The molecule has 2 heterocycles. The lowest BCUT2D eigenvalue weighted by Gasteiger charge is -2.33. The largest absolute Gasteiger partial charge is 0.506 e. The minimum absolute atomic E-state index is 0.0302. The summed E-state index contributed by atoms with van der Waals surface area (Å²) in [4.78, 5) is 24.8. The second-order valence-electron chi connectivity index (χ2n) is 11.7. The summed E-state index contributed by atoms with van der Waals surface area (Å²) in [6.45, 7) is 8.58. The van der Waals surface area contributed by atoms with Crippen LogP contribution in [0.25, 0.3) is 0 Å². The molecule has 5 rings (SSSR count). The molecule has 1 unspecified atom stereocenters. The first-order chi connectivity index (χ1) is 21.5. The van der Waals surface area contributed by atoms with Crippen molar-refractivity contribution in [2.75, 3.05) is 16.5 Å². The van der Waals surface area contributed by atoms with Crippen LogP contribution >= 0.6 is 23.4 Å². The quantitative estimate of drug-likeness (QED) is 0.138. The Kier molecular flexibility index (Phi) is 9.70. The number of carbonyl (C=O) groups excluding carboxylic acids is 1. The number of nitrogens with zero attached hydrogens (tertiary/aromatic N) is 3. The molecule has 2 N–H and O–H groups in total. The molecule has 1 aromatic heterocycles. The number of ether oxygens (including phenoxy) is 1. The molecule has 3 aromatic carbocycles. The number of phenols is 1. The van der Waals surface area contributed by atoms with E-state index in [0.717, 1.165) is 23.3 Å². The summed E-state index contributed by atoms with van der Waals surface area (Å²) in [7, 11) is 0. The molecule has 45 heavy (non-hydrogen) atoms. The van der Waals surface area contributed by atoms with Crippen molar-refractivity contribution in [1.29, 1.82) is 0 Å². The maximum absolute atomic E-state index is 16.3. The highest BCUT2D eigenvalue weighted by molar-refractivity contribution is 7.98. The molecule has 7 nitrogen and oxygen atoms in total. The van der Waals surface area contributed by atoms with E-state index < -0.39 is 17.8 Å². The highest BCUT2D eigenvalue weighted by Gasteiger charge is 2.39. The molecule has 4 aromatic rings. The average Bonchev–Trinajstić information content (AvgIpc) is 3.15. The van der Waals surface area contributed by atoms with Crippen LogP contribution in [0.15, 0.2) is 89.2 Å². The number of hydrogen-bond donors (Lipinski definition) is 2. The third-order valence-electron chi connectivity index (χ3n) is 8.15. The summed E-state index contributed by atoms with van der Waals surface area (Å²) in [6.07, 6.45) is 4.65. The summed E-state index contributed by atoms with van der Waals surface area (Å²) in [5.41, 5.74) is 3.34. The number of hydrogen-bond acceptors (Lipinski definition) is 7. The van der Waals surface area contributed by atoms with Gasteiger partial charge >= 0.3 is 0 Å². The van der Waals surface area contributed by atoms with Gasteiger partial charge in [0.25, 0.3) is 5.91 Å². The molecule has 1 aliphatic rings. The number of anilines is 2. The molecule has 0 saturated heterocycles. The number of carbonyl (C=O) groups is 1. The van der Waals surface area contributed by atoms with E-state index in [0.29, 0.717) is 28.6 Å². The Hall–Kier alpha value is -4.08. The monoisotopic (exact) mass is 646 g/mol. The third-order valence-corrected chi connectivity index (χ3v) is 9.02. The van der Waals surface area contributed by atoms with E-state index >= 15 is 4.39 Å². The zero-order chi connectivity index (χ0) is 32.3. The zero-order valence-corrected chi connectivity index (χ0v) is 27.5. The molecule has 0 bridgehead atoms. The maximum Gasteiger partial charge on any atom is 0.280 e. The van der Waals surface area contributed by atoms with Crippen LogP contribution in [0.1, 0.15) is 68.2 Å². The Balaban J connectivity index is 1.70. The number of aromatic nitrogens is 2. The van der Waals surface area contributed by atoms with Crippen LogP contribution in [-0.2, 0) is 6.61 Å². The number of thioether (sulfide) groups is 1. The second-order valence-corrected chi connectivity index (χ2v) is 12.9. The first-order valence-electron chi connectivity index (χ1n) is 14.7. The van der Waals surface area contributed by atoms with Gasteiger partial charge in [-0.3, -0.25) is 9.69 Å². The lowest BCUT2D eigenvalue weighted by atomic mass is 9.83. The fourth-order valence-corrected chi connectivity index (χ4v) is 5.93. The van der Waals surface area contributed by atoms with Crippen LogP contribution in [-0.4, -0.2) is 27.2 Å². The molecule has 0 saturated carbocycles. The number of halogens is 2. The van der Waals surface area contributed by atoms with Gasteiger partial charge in [0.1, 0.15) is 39.8 Å². The lowest BCUT2D eigenvalue weighted by Crippen LogP contribution is -2.37. The Morgan fingerprint density at radius 2 is 1.91 bits per heavy atom. The SMILES string of the molecule is CCC(C)(C)CC1=C(C)C(c2ccc(OCc3ccccc3)cc2F)N(C(=O)c2nc(Cl)cnc2SC)c2cccc(O)c2N1.